The number of likely N-dealkylation sites (tertiary alicyclic amines) is 1. The van der Waals surface area contributed by atoms with Gasteiger partial charge >= 0.3 is 0 Å². The van der Waals surface area contributed by atoms with Crippen LogP contribution in [0, 0.1) is 0 Å². The van der Waals surface area contributed by atoms with Crippen LogP contribution < -0.4 is 10.5 Å². The molecule has 0 atom stereocenters. The second-order valence-corrected chi connectivity index (χ2v) is 5.77. The molecule has 1 aromatic rings. The van der Waals surface area contributed by atoms with E-state index in [1.165, 1.54) is 5.56 Å². The molecule has 1 aromatic carbocycles. The molecule has 0 aromatic heterocycles. The monoisotopic (exact) mass is 308 g/mol. The minimum Gasteiger partial charge on any atom is -0.496 e. The van der Waals surface area contributed by atoms with Crippen LogP contribution in [0.4, 0.5) is 0 Å². The van der Waals surface area contributed by atoms with Gasteiger partial charge in [0, 0.05) is 26.2 Å². The van der Waals surface area contributed by atoms with Crippen molar-refractivity contribution < 1.29 is 9.47 Å². The fraction of sp³-hybridized carbons (Fsp3) is 0.562. The van der Waals surface area contributed by atoms with Crippen LogP contribution in [0.5, 0.6) is 5.75 Å². The summed E-state index contributed by atoms with van der Waals surface area (Å²) in [7, 11) is 1.65. The van der Waals surface area contributed by atoms with E-state index in [1.807, 2.05) is 12.1 Å². The number of methoxy groups -OCH3 is 1. The van der Waals surface area contributed by atoms with Gasteiger partial charge in [-0.15, -0.1) is 0 Å². The van der Waals surface area contributed by atoms with Crippen molar-refractivity contribution >= 4 is 17.2 Å². The van der Waals surface area contributed by atoms with Crippen molar-refractivity contribution in [2.24, 2.45) is 5.73 Å². The summed E-state index contributed by atoms with van der Waals surface area (Å²) in [5.74, 6) is 0.754. The van der Waals surface area contributed by atoms with E-state index in [1.54, 1.807) is 7.11 Å². The number of piperidine rings is 1. The fourth-order valence-electron chi connectivity index (χ4n) is 2.77. The largest absolute Gasteiger partial charge is 0.496 e. The van der Waals surface area contributed by atoms with Crippen LogP contribution in [0.3, 0.4) is 0 Å². The molecule has 1 saturated heterocycles. The molecule has 1 aliphatic heterocycles. The van der Waals surface area contributed by atoms with Gasteiger partial charge in [-0.2, -0.15) is 0 Å². The van der Waals surface area contributed by atoms with Gasteiger partial charge < -0.3 is 15.2 Å². The lowest BCUT2D eigenvalue weighted by atomic mass is 10.1. The first-order valence-electron chi connectivity index (χ1n) is 7.44. The van der Waals surface area contributed by atoms with Gasteiger partial charge in [0.15, 0.2) is 0 Å². The van der Waals surface area contributed by atoms with Crippen LogP contribution in [-0.4, -0.2) is 42.8 Å². The van der Waals surface area contributed by atoms with Crippen LogP contribution in [0.15, 0.2) is 18.2 Å². The van der Waals surface area contributed by atoms with Crippen molar-refractivity contribution in [3.05, 3.63) is 29.3 Å². The van der Waals surface area contributed by atoms with Crippen molar-refractivity contribution in [3.8, 4) is 5.75 Å². The summed E-state index contributed by atoms with van der Waals surface area (Å²) >= 11 is 5.03. The minimum atomic E-state index is 0.371. The van der Waals surface area contributed by atoms with Crippen LogP contribution >= 0.6 is 12.2 Å². The molecule has 0 bridgehead atoms. The molecule has 0 saturated carbocycles. The molecule has 5 heteroatoms. The number of rotatable bonds is 6. The summed E-state index contributed by atoms with van der Waals surface area (Å²) in [4.78, 5) is 2.82. The first-order chi connectivity index (χ1) is 10.1. The van der Waals surface area contributed by atoms with E-state index in [9.17, 15) is 0 Å². The Labute approximate surface area is 132 Å². The topological polar surface area (TPSA) is 47.7 Å². The summed E-state index contributed by atoms with van der Waals surface area (Å²) in [6.07, 6.45) is 2.64. The Morgan fingerprint density at radius 2 is 2.10 bits per heavy atom. The molecule has 21 heavy (non-hydrogen) atoms. The zero-order valence-corrected chi connectivity index (χ0v) is 13.6. The second-order valence-electron chi connectivity index (χ2n) is 5.33. The maximum Gasteiger partial charge on any atom is 0.129 e. The summed E-state index contributed by atoms with van der Waals surface area (Å²) < 4.78 is 11.1. The highest BCUT2D eigenvalue weighted by molar-refractivity contribution is 7.80. The third-order valence-electron chi connectivity index (χ3n) is 3.87. The minimum absolute atomic E-state index is 0.371. The van der Waals surface area contributed by atoms with E-state index >= 15 is 0 Å². The number of ether oxygens (including phenoxy) is 2. The molecule has 2 N–H and O–H groups in total. The molecular weight excluding hydrogens is 284 g/mol. The van der Waals surface area contributed by atoms with Gasteiger partial charge in [-0.25, -0.2) is 0 Å². The van der Waals surface area contributed by atoms with Gasteiger partial charge in [0.25, 0.3) is 0 Å². The van der Waals surface area contributed by atoms with Crippen molar-refractivity contribution in [2.45, 2.75) is 32.4 Å². The van der Waals surface area contributed by atoms with Crippen LogP contribution in [0.1, 0.15) is 30.9 Å². The predicted molar refractivity (Wildman–Crippen MR) is 88.8 cm³/mol. The van der Waals surface area contributed by atoms with E-state index in [2.05, 4.69) is 17.9 Å². The highest BCUT2D eigenvalue weighted by Gasteiger charge is 2.19. The van der Waals surface area contributed by atoms with Gasteiger partial charge in [-0.05, 0) is 37.5 Å². The van der Waals surface area contributed by atoms with E-state index in [0.29, 0.717) is 11.1 Å². The Morgan fingerprint density at radius 1 is 1.38 bits per heavy atom. The Bertz CT molecular complexity index is 485. The number of thiocarbonyl (C=S) groups is 1. The standard InChI is InChI=1S/C16H24N2O2S/c1-3-20-13-6-8-18(9-7-13)11-12-4-5-14(16(17)21)15(10-12)19-2/h4-5,10,13H,3,6-9,11H2,1-2H3,(H2,17,21). The first kappa shape index (κ1) is 16.2. The molecule has 0 spiro atoms. The van der Waals surface area contributed by atoms with Crippen LogP contribution in [0.2, 0.25) is 0 Å². The third kappa shape index (κ3) is 4.40. The quantitative estimate of drug-likeness (QED) is 0.817. The number of hydrogen-bond acceptors (Lipinski definition) is 4. The zero-order chi connectivity index (χ0) is 15.2. The van der Waals surface area contributed by atoms with E-state index in [4.69, 9.17) is 27.4 Å². The molecule has 2 rings (SSSR count). The summed E-state index contributed by atoms with van der Waals surface area (Å²) in [6, 6.07) is 6.05. The molecule has 0 amide bonds. The Balaban J connectivity index is 1.96. The Hall–Kier alpha value is -1.17. The molecule has 4 nitrogen and oxygen atoms in total. The lowest BCUT2D eigenvalue weighted by molar-refractivity contribution is 0.0125. The number of hydrogen-bond donors (Lipinski definition) is 1. The summed E-state index contributed by atoms with van der Waals surface area (Å²) in [6.45, 7) is 5.94. The molecule has 0 radical (unpaired) electrons. The van der Waals surface area contributed by atoms with Gasteiger partial charge in [-0.3, -0.25) is 4.90 Å². The first-order valence-corrected chi connectivity index (χ1v) is 7.85. The molecule has 1 aliphatic rings. The fourth-order valence-corrected chi connectivity index (χ4v) is 2.93. The maximum atomic E-state index is 5.70. The van der Waals surface area contributed by atoms with Gasteiger partial charge in [0.1, 0.15) is 10.7 Å². The van der Waals surface area contributed by atoms with Crippen LogP contribution in [0.25, 0.3) is 0 Å². The van der Waals surface area contributed by atoms with Gasteiger partial charge in [-0.1, -0.05) is 18.3 Å². The molecule has 1 fully saturated rings. The number of benzene rings is 1. The van der Waals surface area contributed by atoms with Crippen molar-refractivity contribution in [1.29, 1.82) is 0 Å². The Kier molecular flexibility index (Phi) is 5.96. The van der Waals surface area contributed by atoms with E-state index in [0.717, 1.165) is 50.4 Å². The van der Waals surface area contributed by atoms with Crippen molar-refractivity contribution in [2.75, 3.05) is 26.8 Å². The normalized spacial score (nSPS) is 16.9. The van der Waals surface area contributed by atoms with Gasteiger partial charge in [0.05, 0.1) is 18.8 Å². The van der Waals surface area contributed by atoms with Crippen molar-refractivity contribution in [3.63, 3.8) is 0 Å². The number of nitrogens with zero attached hydrogens (tertiary/aromatic N) is 1. The molecule has 116 valence electrons. The summed E-state index contributed by atoms with van der Waals surface area (Å²) in [5.41, 5.74) is 7.72. The third-order valence-corrected chi connectivity index (χ3v) is 4.09. The molecule has 0 aliphatic carbocycles. The highest BCUT2D eigenvalue weighted by atomic mass is 32.1. The number of nitrogens with two attached hydrogens (primary N) is 1. The lowest BCUT2D eigenvalue weighted by Gasteiger charge is -2.31. The highest BCUT2D eigenvalue weighted by Crippen LogP contribution is 2.22. The predicted octanol–water partition coefficient (Wildman–Crippen LogP) is 2.33. The maximum absolute atomic E-state index is 5.70. The molecule has 0 unspecified atom stereocenters. The summed E-state index contributed by atoms with van der Waals surface area (Å²) in [5, 5.41) is 0. The molecular formula is C16H24N2O2S. The Morgan fingerprint density at radius 3 is 2.67 bits per heavy atom. The van der Waals surface area contributed by atoms with E-state index in [-0.39, 0.29) is 0 Å². The lowest BCUT2D eigenvalue weighted by Crippen LogP contribution is -2.36. The SMILES string of the molecule is CCOC1CCN(Cc2ccc(C(N)=S)c(OC)c2)CC1. The molecule has 1 heterocycles. The van der Waals surface area contributed by atoms with E-state index < -0.39 is 0 Å². The second kappa shape index (κ2) is 7.73. The van der Waals surface area contributed by atoms with Crippen molar-refractivity contribution in [1.82, 2.24) is 4.90 Å². The van der Waals surface area contributed by atoms with Gasteiger partial charge in [0.2, 0.25) is 0 Å². The van der Waals surface area contributed by atoms with Crippen LogP contribution in [-0.2, 0) is 11.3 Å². The average molecular weight is 308 g/mol. The zero-order valence-electron chi connectivity index (χ0n) is 12.8. The average Bonchev–Trinajstić information content (AvgIpc) is 2.49. The smallest absolute Gasteiger partial charge is 0.129 e.